The molecule has 19 rings (SSSR count). The lowest BCUT2D eigenvalue weighted by Gasteiger charge is -2.39. The molecule has 0 bridgehead atoms. The molecule has 43 nitrogen and oxygen atoms in total. The number of hydrogen-bond acceptors (Lipinski definition) is 43. The molecule has 18 aliphatic heterocycles. The predicted octanol–water partition coefficient (Wildman–Crippen LogP) is 2.21. The summed E-state index contributed by atoms with van der Waals surface area (Å²) in [7, 11) is 0. The summed E-state index contributed by atoms with van der Waals surface area (Å²) in [5.41, 5.74) is 0. The number of rotatable bonds is 18. The van der Waals surface area contributed by atoms with Crippen molar-refractivity contribution in [2.45, 2.75) is 382 Å². The molecule has 128 heavy (non-hydrogen) atoms. The van der Waals surface area contributed by atoms with Gasteiger partial charge in [0.1, 0.15) is 42.7 Å². The highest BCUT2D eigenvalue weighted by Gasteiger charge is 2.51. The Morgan fingerprint density at radius 3 is 0.820 bits per heavy atom. The molecular weight excluding hydrogens is 1710 g/mol. The number of ether oxygens (including phenoxy) is 36. The molecule has 0 radical (unpaired) electrons. The third-order valence-corrected chi connectivity index (χ3v) is 23.1. The molecule has 0 aromatic heterocycles. The molecule has 748 valence electrons. The largest absolute Gasteiger partial charge is 0.394 e. The van der Waals surface area contributed by atoms with Crippen LogP contribution in [0.4, 0.5) is 0 Å². The van der Waals surface area contributed by atoms with Crippen LogP contribution < -0.4 is 0 Å². The van der Waals surface area contributed by atoms with Crippen LogP contribution in [0.15, 0.2) is 0 Å². The van der Waals surface area contributed by atoms with Gasteiger partial charge in [-0.2, -0.15) is 0 Å². The van der Waals surface area contributed by atoms with Crippen LogP contribution >= 0.6 is 0 Å². The Balaban J connectivity index is 0.000000140. The molecule has 43 heteroatoms. The van der Waals surface area contributed by atoms with Crippen molar-refractivity contribution in [1.29, 1.82) is 0 Å². The van der Waals surface area contributed by atoms with Gasteiger partial charge in [-0.15, -0.1) is 0 Å². The molecule has 0 amide bonds. The molecule has 18 heterocycles. The maximum atomic E-state index is 9.12. The first-order valence-corrected chi connectivity index (χ1v) is 46.2. The van der Waals surface area contributed by atoms with Crippen molar-refractivity contribution in [3.8, 4) is 0 Å². The highest BCUT2D eigenvalue weighted by Crippen LogP contribution is 2.44. The second kappa shape index (κ2) is 55.8. The van der Waals surface area contributed by atoms with Crippen molar-refractivity contribution < 1.29 is 206 Å². The SMILES string of the molecule is C1COC(CC2OCCCO2)OC1.C1COC2(CCC3(CC2)OCCO3)O1.CC1COC(C2OCC(C)O2)O1.CC1COC(C2OCC(O)CO2)O1.CC1OC(CCCC2OC(C)C(C)O2)OC1C.CCC1OC(C2OC(C)C(CC)O2)OC1C.OC1COC(C2OCC(O)CO2)OC1.OCC1COC(C2OCC(CO)O2)O1.OCC1COC(CC2OCC(O)CO2)O1. The van der Waals surface area contributed by atoms with E-state index in [4.69, 9.17) is 206 Å². The number of aliphatic hydroxyl groups is 7. The zero-order valence-corrected chi connectivity index (χ0v) is 76.3. The van der Waals surface area contributed by atoms with Crippen LogP contribution in [-0.4, -0.2) is 423 Å². The number of hydrogen-bond donors (Lipinski definition) is 7. The molecule has 19 aliphatic rings. The van der Waals surface area contributed by atoms with Gasteiger partial charge in [-0.05, 0) is 107 Å². The van der Waals surface area contributed by atoms with E-state index in [0.717, 1.165) is 123 Å². The normalized spacial score (nSPS) is 42.7. The predicted molar refractivity (Wildman–Crippen MR) is 433 cm³/mol. The van der Waals surface area contributed by atoms with E-state index in [0.29, 0.717) is 52.5 Å². The molecule has 22 atom stereocenters. The first-order chi connectivity index (χ1) is 61.9. The molecule has 19 fully saturated rings. The van der Waals surface area contributed by atoms with Gasteiger partial charge in [0.2, 0.25) is 62.9 Å². The van der Waals surface area contributed by atoms with E-state index >= 15 is 0 Å². The van der Waals surface area contributed by atoms with Crippen molar-refractivity contribution >= 4 is 0 Å². The van der Waals surface area contributed by atoms with Crippen molar-refractivity contribution in [3.63, 3.8) is 0 Å². The Hall–Kier alpha value is -1.72. The minimum absolute atomic E-state index is 0.0401. The molecule has 7 N–H and O–H groups in total. The van der Waals surface area contributed by atoms with Crippen LogP contribution in [0.25, 0.3) is 0 Å². The summed E-state index contributed by atoms with van der Waals surface area (Å²) >= 11 is 0. The monoisotopic (exact) mass is 1860 g/mol. The quantitative estimate of drug-likeness (QED) is 0.103. The Morgan fingerprint density at radius 1 is 0.242 bits per heavy atom. The Bertz CT molecular complexity index is 2720. The molecule has 0 aromatic carbocycles. The van der Waals surface area contributed by atoms with Gasteiger partial charge in [0.25, 0.3) is 0 Å². The Labute approximate surface area is 750 Å². The van der Waals surface area contributed by atoms with E-state index in [1.165, 1.54) is 0 Å². The third kappa shape index (κ3) is 35.0. The van der Waals surface area contributed by atoms with Crippen LogP contribution in [0.5, 0.6) is 0 Å². The van der Waals surface area contributed by atoms with E-state index < -0.39 is 68.4 Å². The zero-order valence-electron chi connectivity index (χ0n) is 76.3. The average Bonchev–Trinajstić information content (AvgIpc) is 1.57. The third-order valence-electron chi connectivity index (χ3n) is 23.1. The van der Waals surface area contributed by atoms with Crippen LogP contribution in [0.3, 0.4) is 0 Å². The molecule has 22 unspecified atom stereocenters. The molecule has 18 saturated heterocycles. The molecular formula is C85H150O43. The lowest BCUT2D eigenvalue weighted by Crippen LogP contribution is -2.48. The van der Waals surface area contributed by atoms with Gasteiger partial charge in [-0.1, -0.05) is 13.8 Å². The second-order valence-electron chi connectivity index (χ2n) is 34.2. The van der Waals surface area contributed by atoms with Gasteiger partial charge in [-0.25, -0.2) is 0 Å². The summed E-state index contributed by atoms with van der Waals surface area (Å²) in [4.78, 5) is 0. The van der Waals surface area contributed by atoms with Crippen molar-refractivity contribution in [2.75, 3.05) is 165 Å². The van der Waals surface area contributed by atoms with E-state index in [1.807, 2.05) is 34.6 Å². The summed E-state index contributed by atoms with van der Waals surface area (Å²) in [5.74, 6) is -0.610. The van der Waals surface area contributed by atoms with E-state index in [2.05, 4.69) is 41.5 Å². The molecule has 0 aromatic rings. The highest BCUT2D eigenvalue weighted by atomic mass is 16.9. The maximum Gasteiger partial charge on any atom is 0.210 e. The minimum Gasteiger partial charge on any atom is -0.394 e. The van der Waals surface area contributed by atoms with Crippen LogP contribution in [0, 0.1) is 0 Å². The first kappa shape index (κ1) is 107. The Morgan fingerprint density at radius 2 is 0.516 bits per heavy atom. The van der Waals surface area contributed by atoms with Gasteiger partial charge < -0.3 is 206 Å². The fourth-order valence-electron chi connectivity index (χ4n) is 15.6. The first-order valence-electron chi connectivity index (χ1n) is 46.2. The van der Waals surface area contributed by atoms with Gasteiger partial charge in [0, 0.05) is 38.5 Å². The Kier molecular flexibility index (Phi) is 46.5. The van der Waals surface area contributed by atoms with E-state index in [9.17, 15) is 0 Å². The molecule has 1 saturated carbocycles. The summed E-state index contributed by atoms with van der Waals surface area (Å²) in [5, 5.41) is 62.8. The summed E-state index contributed by atoms with van der Waals surface area (Å²) in [6, 6.07) is 0. The molecule has 1 aliphatic carbocycles. The molecule has 2 spiro atoms. The second-order valence-corrected chi connectivity index (χ2v) is 34.2. The van der Waals surface area contributed by atoms with Crippen LogP contribution in [-0.2, 0) is 171 Å². The average molecular weight is 1860 g/mol. The van der Waals surface area contributed by atoms with Crippen molar-refractivity contribution in [2.24, 2.45) is 0 Å². The summed E-state index contributed by atoms with van der Waals surface area (Å²) in [6.07, 6.45) is 4.32. The van der Waals surface area contributed by atoms with Crippen molar-refractivity contribution in [3.05, 3.63) is 0 Å². The standard InChI is InChI=1S/C13H24O4.C12H22O4.C10H16O4.C9H16O6.C9H16O4.2C8H14O6.C8H14O5.C8H14O4/c1-8-9(2)15-12(14-8)6-5-7-13-16-10(3)11(4)17-13;1-5-9-7(3)13-11(15-9)12-14-8(4)10(6-2)16-12;1-2-10(13-7-8-14-10)4-3-9(1)11-5-6-12-9;10-2-7-5-14-9(15-7)1-8-12-3-6(11)4-13-8;1-3-10-8(11-4-1)7-9-12-5-2-6-13-9;9-1-5-3-11-7(13-5)8-12-4-6(2-10)14-8;9-5-1-11-7(12-2-5)8-13-3-6(10)4-14-8;1-5-2-10-8(13-5)7-11-3-6(9)4-12-7;1-5-3-9-7(11-5)8-10-4-6(2)12-8/h8-13H,5-7H2,1-4H3;7-12H,5-6H2,1-4H3;1-8H2;6-11H,1-5H2;8-9H,1-7H2;2*5-10H,1-4H2;5-9H,2-4H2,1H3;5-8H,3-4H2,1-2H3. The van der Waals surface area contributed by atoms with Gasteiger partial charge in [0.05, 0.1) is 232 Å². The maximum absolute atomic E-state index is 9.12. The fraction of sp³-hybridized carbons (Fsp3) is 1.00. The van der Waals surface area contributed by atoms with Gasteiger partial charge in [0.15, 0.2) is 49.3 Å². The van der Waals surface area contributed by atoms with Gasteiger partial charge in [-0.3, -0.25) is 0 Å². The summed E-state index contributed by atoms with van der Waals surface area (Å²) < 4.78 is 195. The summed E-state index contributed by atoms with van der Waals surface area (Å²) in [6.45, 7) is 33.1. The van der Waals surface area contributed by atoms with Crippen LogP contribution in [0.2, 0.25) is 0 Å². The minimum atomic E-state index is -0.606. The van der Waals surface area contributed by atoms with Crippen molar-refractivity contribution in [1.82, 2.24) is 0 Å². The highest BCUT2D eigenvalue weighted by molar-refractivity contribution is 4.90. The number of aliphatic hydroxyl groups excluding tert-OH is 7. The fourth-order valence-corrected chi connectivity index (χ4v) is 15.6. The zero-order chi connectivity index (χ0) is 91.0. The lowest BCUT2D eigenvalue weighted by atomic mass is 9.89. The topological polar surface area (TPSA) is 474 Å². The van der Waals surface area contributed by atoms with E-state index in [1.54, 1.807) is 0 Å². The van der Waals surface area contributed by atoms with Gasteiger partial charge >= 0.3 is 0 Å². The van der Waals surface area contributed by atoms with E-state index in [-0.39, 0.29) is 226 Å². The van der Waals surface area contributed by atoms with Crippen LogP contribution in [0.1, 0.15) is 160 Å². The smallest absolute Gasteiger partial charge is 0.210 e. The lowest BCUT2D eigenvalue weighted by molar-refractivity contribution is -0.338.